The van der Waals surface area contributed by atoms with Crippen molar-refractivity contribution in [1.82, 2.24) is 0 Å². The first-order chi connectivity index (χ1) is 27.5. The number of carbonyl (C=O) groups excluding carboxylic acids is 2. The summed E-state index contributed by atoms with van der Waals surface area (Å²) in [6.45, 7) is 50.5. The number of hydrogen-bond acceptors (Lipinski definition) is 6. The van der Waals surface area contributed by atoms with E-state index in [9.17, 15) is 19.8 Å². The van der Waals surface area contributed by atoms with E-state index >= 15 is 0 Å². The standard InChI is InChI=1S/2C28H41NO2.Zn/c2*1-25(2,3)17-13-19(27(7,8)9)23(30)21(15-17)29-22-16-18(26(4,5)6)14-20(24(22)31)28(10,11)12;/h2*13-16,30H,1-12H3;. The molecule has 4 rings (SSSR count). The van der Waals surface area contributed by atoms with Crippen LogP contribution in [0, 0.1) is 21.7 Å². The van der Waals surface area contributed by atoms with E-state index < -0.39 is 0 Å². The second kappa shape index (κ2) is 18.3. The predicted molar refractivity (Wildman–Crippen MR) is 265 cm³/mol. The maximum atomic E-state index is 13.4. The van der Waals surface area contributed by atoms with E-state index in [1.807, 2.05) is 36.4 Å². The molecule has 0 unspecified atom stereocenters. The van der Waals surface area contributed by atoms with Crippen LogP contribution in [0.2, 0.25) is 0 Å². The number of nitrogens with zero attached hydrogens (tertiary/aromatic N) is 2. The number of aromatic hydroxyl groups is 2. The van der Waals surface area contributed by atoms with Crippen LogP contribution >= 0.6 is 0 Å². The van der Waals surface area contributed by atoms with Gasteiger partial charge in [-0.3, -0.25) is 9.59 Å². The van der Waals surface area contributed by atoms with Crippen LogP contribution in [0.1, 0.15) is 188 Å². The topological polar surface area (TPSA) is 99.3 Å². The number of carbonyl (C=O) groups is 2. The van der Waals surface area contributed by atoms with Crippen molar-refractivity contribution in [1.29, 1.82) is 0 Å². The molecule has 2 aromatic rings. The molecular formula is C56H82N2O4Zn. The first kappa shape index (κ1) is 55.4. The van der Waals surface area contributed by atoms with Gasteiger partial charge in [0.1, 0.15) is 34.3 Å². The number of hydrogen-bond donors (Lipinski definition) is 2. The molecule has 0 aromatic heterocycles. The van der Waals surface area contributed by atoms with E-state index in [0.717, 1.165) is 44.5 Å². The molecule has 0 atom stereocenters. The Hall–Kier alpha value is -3.70. The normalized spacial score (nSPS) is 17.4. The number of allylic oxidation sites excluding steroid dienone is 8. The second-order valence-electron chi connectivity index (χ2n) is 25.8. The van der Waals surface area contributed by atoms with Crippen molar-refractivity contribution in [3.8, 4) is 11.5 Å². The molecule has 0 heterocycles. The molecule has 2 N–H and O–H groups in total. The van der Waals surface area contributed by atoms with E-state index in [1.54, 1.807) is 0 Å². The molecule has 0 fully saturated rings. The van der Waals surface area contributed by atoms with E-state index in [0.29, 0.717) is 22.8 Å². The van der Waals surface area contributed by atoms with Crippen LogP contribution in [0.25, 0.3) is 0 Å². The van der Waals surface area contributed by atoms with Gasteiger partial charge in [0.2, 0.25) is 11.6 Å². The summed E-state index contributed by atoms with van der Waals surface area (Å²) in [7, 11) is 0. The number of rotatable bonds is 2. The summed E-state index contributed by atoms with van der Waals surface area (Å²) >= 11 is 0. The van der Waals surface area contributed by atoms with E-state index in [-0.39, 0.29) is 85.9 Å². The summed E-state index contributed by atoms with van der Waals surface area (Å²) in [5, 5.41) is 22.3. The Morgan fingerprint density at radius 2 is 0.635 bits per heavy atom. The summed E-state index contributed by atoms with van der Waals surface area (Å²) in [5.74, 6) is 0.161. The summed E-state index contributed by atoms with van der Waals surface area (Å²) in [6.07, 6.45) is 7.82. The molecule has 0 bridgehead atoms. The van der Waals surface area contributed by atoms with Crippen molar-refractivity contribution in [2.75, 3.05) is 0 Å². The molecule has 63 heavy (non-hydrogen) atoms. The third kappa shape index (κ3) is 13.7. The minimum absolute atomic E-state index is 0. The van der Waals surface area contributed by atoms with E-state index in [4.69, 9.17) is 9.98 Å². The molecule has 0 radical (unpaired) electrons. The Morgan fingerprint density at radius 1 is 0.365 bits per heavy atom. The molecule has 342 valence electrons. The van der Waals surface area contributed by atoms with Crippen LogP contribution in [-0.2, 0) is 50.7 Å². The fourth-order valence-electron chi connectivity index (χ4n) is 7.05. The fraction of sp³-hybridized carbons (Fsp3) is 0.571. The summed E-state index contributed by atoms with van der Waals surface area (Å²) in [4.78, 5) is 36.3. The van der Waals surface area contributed by atoms with Crippen LogP contribution in [0.15, 0.2) is 80.8 Å². The number of ketones is 2. The summed E-state index contributed by atoms with van der Waals surface area (Å²) in [5.41, 5.74) is 7.63. The average Bonchev–Trinajstić information content (AvgIpc) is 3.04. The van der Waals surface area contributed by atoms with Crippen molar-refractivity contribution < 1.29 is 39.3 Å². The molecule has 2 aliphatic carbocycles. The third-order valence-electron chi connectivity index (χ3n) is 11.5. The van der Waals surface area contributed by atoms with E-state index in [1.165, 1.54) is 0 Å². The van der Waals surface area contributed by atoms with Gasteiger partial charge in [-0.05, 0) is 89.9 Å². The SMILES string of the molecule is CC(C)(C)C1=CC(=Nc2cc(C(C)(C)C)cc(C(C)(C)C)c2O)C(=O)C(C(C)(C)C)=C1.CC(C)(C)C1=CC(=Nc2cc(C(C)(C)C)cc(C(C)(C)C)c2O)C(=O)C(C(C)(C)C)=C1.[Zn]. The Labute approximate surface area is 395 Å². The van der Waals surface area contributed by atoms with E-state index in [2.05, 4.69) is 178 Å². The predicted octanol–water partition coefficient (Wildman–Crippen LogP) is 15.2. The van der Waals surface area contributed by atoms with Gasteiger partial charge in [0.05, 0.1) is 0 Å². The Kier molecular flexibility index (Phi) is 16.1. The van der Waals surface area contributed by atoms with Crippen molar-refractivity contribution >= 4 is 34.4 Å². The second-order valence-corrected chi connectivity index (χ2v) is 25.8. The molecule has 0 saturated heterocycles. The molecule has 2 aromatic carbocycles. The Balaban J connectivity index is 0.000000427. The zero-order valence-corrected chi connectivity index (χ0v) is 46.9. The number of benzene rings is 2. The number of phenols is 2. The Bertz CT molecular complexity index is 2120. The van der Waals surface area contributed by atoms with Crippen LogP contribution < -0.4 is 0 Å². The third-order valence-corrected chi connectivity index (χ3v) is 11.5. The van der Waals surface area contributed by atoms with Gasteiger partial charge in [0, 0.05) is 41.8 Å². The monoisotopic (exact) mass is 911 g/mol. The minimum Gasteiger partial charge on any atom is -0.505 e. The van der Waals surface area contributed by atoms with Crippen LogP contribution in [0.5, 0.6) is 11.5 Å². The van der Waals surface area contributed by atoms with Gasteiger partial charge in [-0.2, -0.15) is 0 Å². The van der Waals surface area contributed by atoms with Crippen molar-refractivity contribution in [2.45, 2.75) is 188 Å². The zero-order chi connectivity index (χ0) is 48.3. The maximum Gasteiger partial charge on any atom is 0.207 e. The first-order valence-electron chi connectivity index (χ1n) is 22.4. The Morgan fingerprint density at radius 3 is 0.841 bits per heavy atom. The quantitative estimate of drug-likeness (QED) is 0.232. The number of Topliss-reactive ketones (excluding diaryl/α,β-unsaturated/α-hetero) is 2. The fourth-order valence-corrected chi connectivity index (χ4v) is 7.05. The summed E-state index contributed by atoms with van der Waals surface area (Å²) < 4.78 is 0. The first-order valence-corrected chi connectivity index (χ1v) is 22.4. The molecule has 0 aliphatic heterocycles. The van der Waals surface area contributed by atoms with Gasteiger partial charge in [0.15, 0.2) is 0 Å². The number of aliphatic imine (C=N–C) groups is 2. The van der Waals surface area contributed by atoms with Gasteiger partial charge in [-0.1, -0.05) is 190 Å². The van der Waals surface area contributed by atoms with Gasteiger partial charge in [-0.15, -0.1) is 0 Å². The van der Waals surface area contributed by atoms with Gasteiger partial charge in [0.25, 0.3) is 0 Å². The largest absolute Gasteiger partial charge is 0.505 e. The molecule has 7 heteroatoms. The molecular weight excluding hydrogens is 830 g/mol. The molecule has 0 amide bonds. The number of phenolic OH excluding ortho intramolecular Hbond substituents is 2. The molecule has 6 nitrogen and oxygen atoms in total. The minimum atomic E-state index is -0.297. The van der Waals surface area contributed by atoms with Gasteiger partial charge in [-0.25, -0.2) is 9.98 Å². The van der Waals surface area contributed by atoms with Gasteiger partial charge >= 0.3 is 0 Å². The maximum absolute atomic E-state index is 13.4. The molecule has 2 aliphatic rings. The van der Waals surface area contributed by atoms with Crippen LogP contribution in [0.4, 0.5) is 11.4 Å². The average molecular weight is 913 g/mol. The summed E-state index contributed by atoms with van der Waals surface area (Å²) in [6, 6.07) is 7.98. The smallest absolute Gasteiger partial charge is 0.207 e. The van der Waals surface area contributed by atoms with Crippen molar-refractivity contribution in [3.63, 3.8) is 0 Å². The molecule has 0 saturated carbocycles. The van der Waals surface area contributed by atoms with Crippen molar-refractivity contribution in [3.05, 3.63) is 93.1 Å². The van der Waals surface area contributed by atoms with Crippen LogP contribution in [0.3, 0.4) is 0 Å². The molecule has 0 spiro atoms. The van der Waals surface area contributed by atoms with Gasteiger partial charge < -0.3 is 10.2 Å². The zero-order valence-electron chi connectivity index (χ0n) is 43.9. The van der Waals surface area contributed by atoms with Crippen LogP contribution in [-0.4, -0.2) is 33.2 Å². The van der Waals surface area contributed by atoms with Crippen molar-refractivity contribution in [2.24, 2.45) is 31.6 Å².